The van der Waals surface area contributed by atoms with Crippen LogP contribution in [0.4, 0.5) is 11.4 Å². The van der Waals surface area contributed by atoms with E-state index in [-0.39, 0.29) is 11.5 Å². The first-order valence-electron chi connectivity index (χ1n) is 10.9. The fourth-order valence-electron chi connectivity index (χ4n) is 3.72. The van der Waals surface area contributed by atoms with E-state index in [9.17, 15) is 10.1 Å². The zero-order chi connectivity index (χ0) is 23.0. The van der Waals surface area contributed by atoms with Crippen molar-refractivity contribution in [3.63, 3.8) is 0 Å². The Morgan fingerprint density at radius 2 is 1.70 bits per heavy atom. The number of carbonyl (C=O) groups excluding carboxylic acids is 1. The molecule has 3 aromatic carbocycles. The molecule has 1 fully saturated rings. The van der Waals surface area contributed by atoms with E-state index in [1.54, 1.807) is 18.0 Å². The SMILES string of the molecule is Cc1cccc(N2CCN(/C=C(/C#N)C(=O)Nc3ccccc3Sc3ccccc3)CC2)c1. The number of amides is 1. The van der Waals surface area contributed by atoms with Gasteiger partial charge in [-0.25, -0.2) is 0 Å². The molecule has 4 rings (SSSR count). The number of piperazine rings is 1. The zero-order valence-electron chi connectivity index (χ0n) is 18.6. The van der Waals surface area contributed by atoms with Crippen LogP contribution >= 0.6 is 11.8 Å². The molecule has 0 saturated carbocycles. The maximum atomic E-state index is 12.9. The molecule has 1 saturated heterocycles. The van der Waals surface area contributed by atoms with Crippen LogP contribution in [-0.4, -0.2) is 37.0 Å². The summed E-state index contributed by atoms with van der Waals surface area (Å²) >= 11 is 1.58. The van der Waals surface area contributed by atoms with Crippen molar-refractivity contribution >= 4 is 29.0 Å². The first-order chi connectivity index (χ1) is 16.1. The van der Waals surface area contributed by atoms with Crippen molar-refractivity contribution in [3.05, 3.63) is 96.2 Å². The van der Waals surface area contributed by atoms with E-state index in [2.05, 4.69) is 52.4 Å². The highest BCUT2D eigenvalue weighted by Gasteiger charge is 2.18. The lowest BCUT2D eigenvalue weighted by atomic mass is 10.2. The molecule has 1 heterocycles. The number of aryl methyl sites for hydroxylation is 1. The van der Waals surface area contributed by atoms with Crippen molar-refractivity contribution in [2.24, 2.45) is 0 Å². The van der Waals surface area contributed by atoms with Gasteiger partial charge in [0.25, 0.3) is 5.91 Å². The van der Waals surface area contributed by atoms with Gasteiger partial charge < -0.3 is 15.1 Å². The number of nitriles is 1. The number of rotatable bonds is 6. The third-order valence-electron chi connectivity index (χ3n) is 5.46. The normalized spacial score (nSPS) is 14.0. The smallest absolute Gasteiger partial charge is 0.267 e. The maximum Gasteiger partial charge on any atom is 0.267 e. The molecule has 0 spiro atoms. The summed E-state index contributed by atoms with van der Waals surface area (Å²) in [5.74, 6) is -0.389. The highest BCUT2D eigenvalue weighted by Crippen LogP contribution is 2.33. The topological polar surface area (TPSA) is 59.4 Å². The van der Waals surface area contributed by atoms with Crippen LogP contribution in [0.25, 0.3) is 0 Å². The molecular weight excluding hydrogens is 428 g/mol. The van der Waals surface area contributed by atoms with E-state index in [4.69, 9.17) is 0 Å². The minimum absolute atomic E-state index is 0.110. The summed E-state index contributed by atoms with van der Waals surface area (Å²) < 4.78 is 0. The Bertz CT molecular complexity index is 1180. The Morgan fingerprint density at radius 3 is 2.42 bits per heavy atom. The summed E-state index contributed by atoms with van der Waals surface area (Å²) in [6.45, 7) is 5.30. The van der Waals surface area contributed by atoms with Crippen molar-refractivity contribution in [3.8, 4) is 6.07 Å². The van der Waals surface area contributed by atoms with Crippen molar-refractivity contribution in [1.82, 2.24) is 4.90 Å². The number of nitrogens with one attached hydrogen (secondary N) is 1. The molecule has 0 atom stereocenters. The first-order valence-corrected chi connectivity index (χ1v) is 11.7. The zero-order valence-corrected chi connectivity index (χ0v) is 19.4. The number of hydrogen-bond acceptors (Lipinski definition) is 5. The third-order valence-corrected chi connectivity index (χ3v) is 6.55. The molecular formula is C27H26N4OS. The fourth-order valence-corrected chi connectivity index (χ4v) is 4.64. The van der Waals surface area contributed by atoms with Gasteiger partial charge in [-0.15, -0.1) is 0 Å². The van der Waals surface area contributed by atoms with Gasteiger partial charge in [-0.2, -0.15) is 5.26 Å². The second-order valence-corrected chi connectivity index (χ2v) is 9.00. The third kappa shape index (κ3) is 5.97. The van der Waals surface area contributed by atoms with Crippen LogP contribution in [0, 0.1) is 18.3 Å². The molecule has 1 amide bonds. The minimum Gasteiger partial charge on any atom is -0.373 e. The van der Waals surface area contributed by atoms with E-state index < -0.39 is 0 Å². The predicted molar refractivity (Wildman–Crippen MR) is 134 cm³/mol. The second-order valence-electron chi connectivity index (χ2n) is 7.88. The van der Waals surface area contributed by atoms with Gasteiger partial charge in [0.15, 0.2) is 0 Å². The summed E-state index contributed by atoms with van der Waals surface area (Å²) in [5, 5.41) is 12.6. The standard InChI is InChI=1S/C27H26N4OS/c1-21-8-7-9-23(18-21)31-16-14-30(15-17-31)20-22(19-28)27(32)29-25-12-5-6-13-26(25)33-24-10-3-2-4-11-24/h2-13,18,20H,14-17H2,1H3,(H,29,32)/b22-20-. The van der Waals surface area contributed by atoms with Crippen LogP contribution < -0.4 is 10.2 Å². The average Bonchev–Trinajstić information content (AvgIpc) is 2.85. The van der Waals surface area contributed by atoms with E-state index in [1.807, 2.05) is 54.6 Å². The lowest BCUT2D eigenvalue weighted by Gasteiger charge is -2.35. The maximum absolute atomic E-state index is 12.9. The summed E-state index contributed by atoms with van der Waals surface area (Å²) in [7, 11) is 0. The minimum atomic E-state index is -0.389. The van der Waals surface area contributed by atoms with Gasteiger partial charge in [0.1, 0.15) is 11.6 Å². The predicted octanol–water partition coefficient (Wildman–Crippen LogP) is 5.31. The quantitative estimate of drug-likeness (QED) is 0.404. The van der Waals surface area contributed by atoms with E-state index in [1.165, 1.54) is 11.3 Å². The lowest BCUT2D eigenvalue weighted by Crippen LogP contribution is -2.44. The van der Waals surface area contributed by atoms with Crippen LogP contribution in [0.5, 0.6) is 0 Å². The van der Waals surface area contributed by atoms with Crippen LogP contribution in [0.3, 0.4) is 0 Å². The molecule has 33 heavy (non-hydrogen) atoms. The summed E-state index contributed by atoms with van der Waals surface area (Å²) in [5.41, 5.74) is 3.26. The molecule has 0 radical (unpaired) electrons. The van der Waals surface area contributed by atoms with Crippen molar-refractivity contribution in [1.29, 1.82) is 5.26 Å². The van der Waals surface area contributed by atoms with Crippen LogP contribution in [0.2, 0.25) is 0 Å². The van der Waals surface area contributed by atoms with E-state index in [0.717, 1.165) is 36.0 Å². The molecule has 1 aliphatic heterocycles. The molecule has 1 aliphatic rings. The second kappa shape index (κ2) is 10.8. The number of carbonyl (C=O) groups is 1. The van der Waals surface area contributed by atoms with Gasteiger partial charge in [-0.3, -0.25) is 4.79 Å². The Hall–Kier alpha value is -3.69. The number of para-hydroxylation sites is 1. The van der Waals surface area contributed by atoms with Crippen LogP contribution in [0.1, 0.15) is 5.56 Å². The van der Waals surface area contributed by atoms with Crippen molar-refractivity contribution in [2.75, 3.05) is 36.4 Å². The summed E-state index contributed by atoms with van der Waals surface area (Å²) in [6, 6.07) is 28.2. The molecule has 1 N–H and O–H groups in total. The number of hydrogen-bond donors (Lipinski definition) is 1. The number of benzene rings is 3. The Labute approximate surface area is 199 Å². The van der Waals surface area contributed by atoms with Gasteiger partial charge >= 0.3 is 0 Å². The van der Waals surface area contributed by atoms with Crippen LogP contribution in [-0.2, 0) is 4.79 Å². The van der Waals surface area contributed by atoms with Gasteiger partial charge in [0.2, 0.25) is 0 Å². The Morgan fingerprint density at radius 1 is 0.970 bits per heavy atom. The van der Waals surface area contributed by atoms with Crippen molar-refractivity contribution < 1.29 is 4.79 Å². The summed E-state index contributed by atoms with van der Waals surface area (Å²) in [6.07, 6.45) is 1.69. The van der Waals surface area contributed by atoms with Gasteiger partial charge in [-0.05, 0) is 48.9 Å². The first kappa shape index (κ1) is 22.5. The molecule has 0 unspecified atom stereocenters. The monoisotopic (exact) mass is 454 g/mol. The largest absolute Gasteiger partial charge is 0.373 e. The van der Waals surface area contributed by atoms with Gasteiger partial charge in [0.05, 0.1) is 5.69 Å². The van der Waals surface area contributed by atoms with Gasteiger partial charge in [0, 0.05) is 47.9 Å². The Balaban J connectivity index is 1.41. The molecule has 166 valence electrons. The molecule has 0 bridgehead atoms. The number of nitrogens with zero attached hydrogens (tertiary/aromatic N) is 3. The molecule has 0 aromatic heterocycles. The molecule has 0 aliphatic carbocycles. The van der Waals surface area contributed by atoms with Crippen LogP contribution in [0.15, 0.2) is 100 Å². The average molecular weight is 455 g/mol. The molecule has 3 aromatic rings. The molecule has 5 nitrogen and oxygen atoms in total. The highest BCUT2D eigenvalue weighted by atomic mass is 32.2. The number of anilines is 2. The van der Waals surface area contributed by atoms with Gasteiger partial charge in [-0.1, -0.05) is 54.2 Å². The van der Waals surface area contributed by atoms with E-state index in [0.29, 0.717) is 5.69 Å². The van der Waals surface area contributed by atoms with E-state index >= 15 is 0 Å². The Kier molecular flexibility index (Phi) is 7.33. The lowest BCUT2D eigenvalue weighted by molar-refractivity contribution is -0.112. The summed E-state index contributed by atoms with van der Waals surface area (Å²) in [4.78, 5) is 19.3. The fraction of sp³-hybridized carbons (Fsp3) is 0.185. The van der Waals surface area contributed by atoms with Crippen molar-refractivity contribution in [2.45, 2.75) is 16.7 Å². The molecule has 6 heteroatoms. The highest BCUT2D eigenvalue weighted by molar-refractivity contribution is 7.99.